The van der Waals surface area contributed by atoms with E-state index in [2.05, 4.69) is 334 Å². The van der Waals surface area contributed by atoms with Gasteiger partial charge in [-0.2, -0.15) is 5.26 Å². The predicted octanol–water partition coefficient (Wildman–Crippen LogP) is 22.3. The molecule has 430 valence electrons. The normalized spacial score (nSPS) is 11.8. The van der Waals surface area contributed by atoms with Crippen molar-refractivity contribution in [2.24, 2.45) is 0 Å². The molecule has 0 saturated heterocycles. The number of fused-ring (bicyclic) bond motifs is 12. The largest absolute Gasteiger partial charge is 0.309 e. The third-order valence-electron chi connectivity index (χ3n) is 19.1. The third-order valence-corrected chi connectivity index (χ3v) is 19.1. The molecule has 0 bridgehead atoms. The maximum atomic E-state index is 12.4. The average Bonchev–Trinajstić information content (AvgIpc) is 1.75. The molecule has 92 heavy (non-hydrogen) atoms. The lowest BCUT2D eigenvalue weighted by Crippen LogP contribution is -2.03. The van der Waals surface area contributed by atoms with Crippen molar-refractivity contribution in [3.8, 4) is 84.5 Å². The maximum Gasteiger partial charge on any atom is 0.100 e. The minimum absolute atomic E-state index is 0.569. The molecular formula is C86H56N6. The van der Waals surface area contributed by atoms with Gasteiger partial charge >= 0.3 is 0 Å². The summed E-state index contributed by atoms with van der Waals surface area (Å²) < 4.78 is 9.50. The molecule has 0 atom stereocenters. The van der Waals surface area contributed by atoms with Gasteiger partial charge in [-0.25, -0.2) is 0 Å². The van der Waals surface area contributed by atoms with Gasteiger partial charge in [0.2, 0.25) is 0 Å². The quantitative estimate of drug-likeness (QED) is 0.145. The van der Waals surface area contributed by atoms with E-state index in [0.29, 0.717) is 5.56 Å². The molecule has 5 aromatic heterocycles. The van der Waals surface area contributed by atoms with Gasteiger partial charge < -0.3 is 18.3 Å². The maximum absolute atomic E-state index is 12.4. The molecule has 0 saturated carbocycles. The highest BCUT2D eigenvalue weighted by molar-refractivity contribution is 6.15. The fourth-order valence-electron chi connectivity index (χ4n) is 15.1. The van der Waals surface area contributed by atoms with Crippen molar-refractivity contribution in [2.45, 2.75) is 13.8 Å². The second kappa shape index (κ2) is 20.9. The van der Waals surface area contributed by atoms with Crippen LogP contribution >= 0.6 is 0 Å². The molecule has 0 radical (unpaired) electrons. The monoisotopic (exact) mass is 1170 g/mol. The van der Waals surface area contributed by atoms with Crippen LogP contribution in [-0.2, 0) is 0 Å². The molecule has 6 heteroatoms. The molecule has 0 aliphatic heterocycles. The minimum Gasteiger partial charge on any atom is -0.309 e. The van der Waals surface area contributed by atoms with Crippen LogP contribution in [0.4, 0.5) is 0 Å². The lowest BCUT2D eigenvalue weighted by molar-refractivity contribution is 1.18. The Labute approximate surface area is 531 Å². The first-order chi connectivity index (χ1) is 45.5. The van der Waals surface area contributed by atoms with E-state index in [1.54, 1.807) is 0 Å². The number of para-hydroxylation sites is 6. The molecule has 0 fully saturated rings. The average molecular weight is 1170 g/mol. The van der Waals surface area contributed by atoms with Gasteiger partial charge in [-0.1, -0.05) is 181 Å². The molecule has 6 nitrogen and oxygen atoms in total. The van der Waals surface area contributed by atoms with E-state index in [4.69, 9.17) is 0 Å². The van der Waals surface area contributed by atoms with Crippen LogP contribution in [0.25, 0.3) is 166 Å². The highest BCUT2D eigenvalue weighted by Crippen LogP contribution is 2.54. The predicted molar refractivity (Wildman–Crippen MR) is 383 cm³/mol. The summed E-state index contributed by atoms with van der Waals surface area (Å²) in [6, 6.07) is 109. The first kappa shape index (κ1) is 52.8. The minimum atomic E-state index is 0.569. The Balaban J connectivity index is 0.938. The Hall–Kier alpha value is -12.3. The van der Waals surface area contributed by atoms with Crippen molar-refractivity contribution in [1.82, 2.24) is 23.3 Å². The van der Waals surface area contributed by atoms with Gasteiger partial charge in [-0.3, -0.25) is 4.98 Å². The van der Waals surface area contributed by atoms with Gasteiger partial charge in [0.05, 0.1) is 49.7 Å². The summed E-state index contributed by atoms with van der Waals surface area (Å²) in [5.74, 6) is 0. The van der Waals surface area contributed by atoms with E-state index < -0.39 is 0 Å². The van der Waals surface area contributed by atoms with Gasteiger partial charge in [0.25, 0.3) is 0 Å². The molecule has 5 heterocycles. The summed E-state index contributed by atoms with van der Waals surface area (Å²) in [4.78, 5) is 4.58. The summed E-state index contributed by atoms with van der Waals surface area (Å²) in [5.41, 5.74) is 25.7. The number of nitriles is 1. The van der Waals surface area contributed by atoms with Crippen molar-refractivity contribution in [2.75, 3.05) is 0 Å². The van der Waals surface area contributed by atoms with E-state index >= 15 is 0 Å². The van der Waals surface area contributed by atoms with Crippen molar-refractivity contribution >= 4 is 87.2 Å². The molecular weight excluding hydrogens is 1120 g/mol. The van der Waals surface area contributed by atoms with E-state index in [9.17, 15) is 5.26 Å². The fraction of sp³-hybridized carbons (Fsp3) is 0.0233. The summed E-state index contributed by atoms with van der Waals surface area (Å²) in [6.45, 7) is 4.34. The van der Waals surface area contributed by atoms with Crippen molar-refractivity contribution in [3.63, 3.8) is 0 Å². The molecule has 0 spiro atoms. The number of aryl methyl sites for hydroxylation is 2. The second-order valence-electron chi connectivity index (χ2n) is 24.3. The highest BCUT2D eigenvalue weighted by Gasteiger charge is 2.30. The van der Waals surface area contributed by atoms with Crippen LogP contribution in [0.1, 0.15) is 16.7 Å². The van der Waals surface area contributed by atoms with Gasteiger partial charge in [-0.15, -0.1) is 0 Å². The Kier molecular flexibility index (Phi) is 12.0. The molecule has 18 rings (SSSR count). The number of aromatic nitrogens is 5. The topological polar surface area (TPSA) is 56.4 Å². The molecule has 13 aromatic carbocycles. The van der Waals surface area contributed by atoms with Crippen molar-refractivity contribution in [1.29, 1.82) is 5.26 Å². The molecule has 0 aliphatic rings. The zero-order valence-corrected chi connectivity index (χ0v) is 50.6. The van der Waals surface area contributed by atoms with Crippen LogP contribution in [0, 0.1) is 25.2 Å². The number of hydrogen-bond acceptors (Lipinski definition) is 2. The third kappa shape index (κ3) is 8.09. The molecule has 0 amide bonds. The Morgan fingerprint density at radius 2 is 0.489 bits per heavy atom. The van der Waals surface area contributed by atoms with E-state index in [0.717, 1.165) is 123 Å². The van der Waals surface area contributed by atoms with Gasteiger partial charge in [0.1, 0.15) is 6.07 Å². The number of nitrogens with zero attached hydrogens (tertiary/aromatic N) is 6. The zero-order chi connectivity index (χ0) is 61.1. The van der Waals surface area contributed by atoms with Crippen LogP contribution in [0.3, 0.4) is 0 Å². The standard InChI is InChI=1S/C86H56N6/c1-54-27-45-80-71(51-54)72-52-55(2)28-46-81(72)92(80)64-43-35-59(36-44-64)86-84(57-31-39-62(40-32-57)90-76-23-11-5-17-67(76)68-18-6-12-24-77(68)90)82(56-29-37-61(38-30-56)89-74-21-9-3-15-65(74)66-16-4-10-22-75(66)89)73(53-87)83(60-47-49-88-50-48-60)85(86)58-33-41-63(42-34-58)91-78-25-13-7-19-69(78)70-20-8-14-26-79(70)91/h3-52H,1-2H3. The zero-order valence-electron chi connectivity index (χ0n) is 50.6. The van der Waals surface area contributed by atoms with Crippen molar-refractivity contribution < 1.29 is 0 Å². The number of hydrogen-bond donors (Lipinski definition) is 0. The Morgan fingerprint density at radius 1 is 0.250 bits per heavy atom. The van der Waals surface area contributed by atoms with Crippen LogP contribution in [0.15, 0.2) is 304 Å². The smallest absolute Gasteiger partial charge is 0.100 e. The summed E-state index contributed by atoms with van der Waals surface area (Å²) in [5, 5.41) is 22.1. The molecule has 0 unspecified atom stereocenters. The Morgan fingerprint density at radius 3 is 0.772 bits per heavy atom. The lowest BCUT2D eigenvalue weighted by atomic mass is 9.76. The number of benzene rings is 13. The van der Waals surface area contributed by atoms with Crippen LogP contribution in [0.2, 0.25) is 0 Å². The Bertz CT molecular complexity index is 5830. The van der Waals surface area contributed by atoms with Crippen LogP contribution in [0.5, 0.6) is 0 Å². The van der Waals surface area contributed by atoms with Gasteiger partial charge in [-0.05, 0) is 180 Å². The van der Waals surface area contributed by atoms with Gasteiger partial charge in [0, 0.05) is 89.4 Å². The van der Waals surface area contributed by atoms with E-state index in [1.165, 1.54) is 54.2 Å². The molecule has 18 aromatic rings. The van der Waals surface area contributed by atoms with Crippen molar-refractivity contribution in [3.05, 3.63) is 320 Å². The summed E-state index contributed by atoms with van der Waals surface area (Å²) in [7, 11) is 0. The van der Waals surface area contributed by atoms with Crippen LogP contribution < -0.4 is 0 Å². The molecule has 0 aliphatic carbocycles. The fourth-order valence-corrected chi connectivity index (χ4v) is 15.1. The number of pyridine rings is 1. The van der Waals surface area contributed by atoms with Gasteiger partial charge in [0.15, 0.2) is 0 Å². The summed E-state index contributed by atoms with van der Waals surface area (Å²) in [6.07, 6.45) is 3.69. The molecule has 0 N–H and O–H groups in total. The lowest BCUT2D eigenvalue weighted by Gasteiger charge is -2.26. The second-order valence-corrected chi connectivity index (χ2v) is 24.3. The van der Waals surface area contributed by atoms with E-state index in [1.807, 2.05) is 12.4 Å². The highest BCUT2D eigenvalue weighted by atomic mass is 15.0. The first-order valence-corrected chi connectivity index (χ1v) is 31.4. The van der Waals surface area contributed by atoms with E-state index in [-0.39, 0.29) is 0 Å². The first-order valence-electron chi connectivity index (χ1n) is 31.4. The van der Waals surface area contributed by atoms with Crippen LogP contribution in [-0.4, -0.2) is 23.3 Å². The summed E-state index contributed by atoms with van der Waals surface area (Å²) >= 11 is 0. The SMILES string of the molecule is Cc1ccc2c(c1)c1cc(C)ccc1n2-c1ccc(-c2c(-c3ccc(-n4c5ccccc5c5ccccc54)cc3)c(-c3ccncc3)c(C#N)c(-c3ccc(-n4c5ccccc5c5ccccc54)cc3)c2-c2ccc(-n3c4ccccc4c4ccccc43)cc2)cc1. The number of rotatable bonds is 9.